The molecule has 0 aliphatic heterocycles. The quantitative estimate of drug-likeness (QED) is 0.318. The third kappa shape index (κ3) is 6.29. The standard InChI is InChI=1S/C23H19ClFN3O4/c1-31-21-11-15(9-10-20(21)32-14-16-5-2-3-8-19(16)25)13-26-28-23(30)22(29)27-18-7-4-6-17(24)12-18/h2-13H,14H2,1H3,(H,27,29)(H,28,30)/b26-13+. The summed E-state index contributed by atoms with van der Waals surface area (Å²) in [5.41, 5.74) is 3.52. The van der Waals surface area contributed by atoms with Crippen LogP contribution in [-0.4, -0.2) is 25.1 Å². The number of anilines is 1. The minimum Gasteiger partial charge on any atom is -0.493 e. The van der Waals surface area contributed by atoms with E-state index in [1.165, 1.54) is 25.5 Å². The highest BCUT2D eigenvalue weighted by molar-refractivity contribution is 6.39. The Kier molecular flexibility index (Phi) is 7.77. The molecule has 0 bridgehead atoms. The zero-order valence-electron chi connectivity index (χ0n) is 17.0. The number of carbonyl (C=O) groups is 2. The van der Waals surface area contributed by atoms with E-state index in [0.717, 1.165) is 0 Å². The summed E-state index contributed by atoms with van der Waals surface area (Å²) in [6.07, 6.45) is 1.34. The van der Waals surface area contributed by atoms with E-state index in [0.29, 0.717) is 33.3 Å². The molecule has 0 saturated heterocycles. The van der Waals surface area contributed by atoms with Crippen LogP contribution >= 0.6 is 11.6 Å². The Morgan fingerprint density at radius 1 is 1.03 bits per heavy atom. The van der Waals surface area contributed by atoms with Gasteiger partial charge in [0, 0.05) is 16.3 Å². The van der Waals surface area contributed by atoms with Crippen LogP contribution in [0.15, 0.2) is 71.8 Å². The molecular weight excluding hydrogens is 437 g/mol. The fraction of sp³-hybridized carbons (Fsp3) is 0.0870. The van der Waals surface area contributed by atoms with Gasteiger partial charge in [0.05, 0.1) is 13.3 Å². The minimum atomic E-state index is -0.946. The van der Waals surface area contributed by atoms with Crippen LogP contribution in [0.4, 0.5) is 10.1 Å². The number of nitrogens with zero attached hydrogens (tertiary/aromatic N) is 1. The molecule has 3 rings (SSSR count). The average Bonchev–Trinajstić information content (AvgIpc) is 2.78. The summed E-state index contributed by atoms with van der Waals surface area (Å²) in [4.78, 5) is 23.8. The highest BCUT2D eigenvalue weighted by atomic mass is 35.5. The number of nitrogens with one attached hydrogen (secondary N) is 2. The third-order valence-electron chi connectivity index (χ3n) is 4.20. The summed E-state index contributed by atoms with van der Waals surface area (Å²) in [5, 5.41) is 6.62. The summed E-state index contributed by atoms with van der Waals surface area (Å²) in [5.74, 6) is -1.38. The van der Waals surface area contributed by atoms with Crippen LogP contribution in [0.5, 0.6) is 11.5 Å². The van der Waals surface area contributed by atoms with Gasteiger partial charge in [-0.15, -0.1) is 0 Å². The van der Waals surface area contributed by atoms with Gasteiger partial charge in [0.1, 0.15) is 12.4 Å². The Morgan fingerprint density at radius 3 is 2.59 bits per heavy atom. The predicted molar refractivity (Wildman–Crippen MR) is 120 cm³/mol. The van der Waals surface area contributed by atoms with E-state index in [-0.39, 0.29) is 12.4 Å². The second-order valence-electron chi connectivity index (χ2n) is 6.45. The number of halogens is 2. The van der Waals surface area contributed by atoms with Gasteiger partial charge in [0.2, 0.25) is 0 Å². The molecule has 0 radical (unpaired) electrons. The van der Waals surface area contributed by atoms with Crippen LogP contribution < -0.4 is 20.2 Å². The predicted octanol–water partition coefficient (Wildman–Crippen LogP) is 4.16. The Labute approximate surface area is 188 Å². The maximum Gasteiger partial charge on any atom is 0.329 e. The van der Waals surface area contributed by atoms with E-state index in [2.05, 4.69) is 15.8 Å². The Morgan fingerprint density at radius 2 is 1.84 bits per heavy atom. The van der Waals surface area contributed by atoms with Gasteiger partial charge in [-0.3, -0.25) is 9.59 Å². The molecule has 0 atom stereocenters. The number of hydrogen-bond donors (Lipinski definition) is 2. The van der Waals surface area contributed by atoms with Gasteiger partial charge in [-0.1, -0.05) is 35.9 Å². The zero-order valence-corrected chi connectivity index (χ0v) is 17.7. The largest absolute Gasteiger partial charge is 0.493 e. The smallest absolute Gasteiger partial charge is 0.329 e. The molecule has 0 aromatic heterocycles. The van der Waals surface area contributed by atoms with Crippen molar-refractivity contribution in [3.05, 3.63) is 88.7 Å². The van der Waals surface area contributed by atoms with Gasteiger partial charge in [-0.05, 0) is 48.0 Å². The van der Waals surface area contributed by atoms with E-state index in [9.17, 15) is 14.0 Å². The molecule has 7 nitrogen and oxygen atoms in total. The van der Waals surface area contributed by atoms with E-state index in [1.54, 1.807) is 54.6 Å². The second-order valence-corrected chi connectivity index (χ2v) is 6.89. The van der Waals surface area contributed by atoms with E-state index in [4.69, 9.17) is 21.1 Å². The molecule has 0 heterocycles. The third-order valence-corrected chi connectivity index (χ3v) is 4.43. The van der Waals surface area contributed by atoms with Crippen LogP contribution in [0, 0.1) is 5.82 Å². The number of hydrogen-bond acceptors (Lipinski definition) is 5. The summed E-state index contributed by atoms with van der Waals surface area (Å²) in [7, 11) is 1.47. The Hall–Kier alpha value is -3.91. The molecule has 0 saturated carbocycles. The van der Waals surface area contributed by atoms with Crippen LogP contribution in [0.2, 0.25) is 5.02 Å². The summed E-state index contributed by atoms with van der Waals surface area (Å²) in [6, 6.07) is 17.6. The highest BCUT2D eigenvalue weighted by Gasteiger charge is 2.13. The molecule has 0 unspecified atom stereocenters. The monoisotopic (exact) mass is 455 g/mol. The number of hydrazone groups is 1. The van der Waals surface area contributed by atoms with Crippen molar-refractivity contribution in [1.29, 1.82) is 0 Å². The van der Waals surface area contributed by atoms with Crippen molar-refractivity contribution in [2.24, 2.45) is 5.10 Å². The van der Waals surface area contributed by atoms with Crippen molar-refractivity contribution >= 4 is 35.3 Å². The summed E-state index contributed by atoms with van der Waals surface area (Å²) < 4.78 is 24.7. The molecule has 2 N–H and O–H groups in total. The van der Waals surface area contributed by atoms with E-state index < -0.39 is 11.8 Å². The maximum absolute atomic E-state index is 13.7. The molecule has 2 amide bonds. The van der Waals surface area contributed by atoms with Crippen LogP contribution in [0.3, 0.4) is 0 Å². The normalized spacial score (nSPS) is 10.6. The van der Waals surface area contributed by atoms with Gasteiger partial charge >= 0.3 is 11.8 Å². The fourth-order valence-corrected chi connectivity index (χ4v) is 2.82. The van der Waals surface area contributed by atoms with Gasteiger partial charge in [0.15, 0.2) is 11.5 Å². The minimum absolute atomic E-state index is 0.0360. The first kappa shape index (κ1) is 22.8. The first-order chi connectivity index (χ1) is 15.5. The summed E-state index contributed by atoms with van der Waals surface area (Å²) >= 11 is 5.84. The Bertz CT molecular complexity index is 1150. The molecule has 0 fully saturated rings. The zero-order chi connectivity index (χ0) is 22.9. The molecule has 0 spiro atoms. The second kappa shape index (κ2) is 10.9. The SMILES string of the molecule is COc1cc(/C=N/NC(=O)C(=O)Nc2cccc(Cl)c2)ccc1OCc1ccccc1F. The number of rotatable bonds is 7. The number of amides is 2. The number of methoxy groups -OCH3 is 1. The van der Waals surface area contributed by atoms with E-state index in [1.807, 2.05) is 0 Å². The summed E-state index contributed by atoms with van der Waals surface area (Å²) in [6.45, 7) is 0.0360. The molecule has 164 valence electrons. The highest BCUT2D eigenvalue weighted by Crippen LogP contribution is 2.28. The molecule has 32 heavy (non-hydrogen) atoms. The molecular formula is C23H19ClFN3O4. The van der Waals surface area contributed by atoms with E-state index >= 15 is 0 Å². The van der Waals surface area contributed by atoms with Gasteiger partial charge < -0.3 is 14.8 Å². The average molecular weight is 456 g/mol. The van der Waals surface area contributed by atoms with Crippen molar-refractivity contribution in [3.8, 4) is 11.5 Å². The lowest BCUT2D eigenvalue weighted by molar-refractivity contribution is -0.136. The topological polar surface area (TPSA) is 89.0 Å². The lowest BCUT2D eigenvalue weighted by atomic mass is 10.2. The van der Waals surface area contributed by atoms with Crippen LogP contribution in [0.1, 0.15) is 11.1 Å². The van der Waals surface area contributed by atoms with Crippen molar-refractivity contribution in [3.63, 3.8) is 0 Å². The first-order valence-corrected chi connectivity index (χ1v) is 9.78. The fourth-order valence-electron chi connectivity index (χ4n) is 2.62. The maximum atomic E-state index is 13.7. The molecule has 9 heteroatoms. The Balaban J connectivity index is 1.57. The lowest BCUT2D eigenvalue weighted by Crippen LogP contribution is -2.32. The molecule has 0 aliphatic carbocycles. The van der Waals surface area contributed by atoms with Crippen LogP contribution in [0.25, 0.3) is 0 Å². The first-order valence-electron chi connectivity index (χ1n) is 9.40. The molecule has 3 aromatic rings. The number of ether oxygens (including phenoxy) is 2. The molecule has 0 aliphatic rings. The van der Waals surface area contributed by atoms with Gasteiger partial charge in [0.25, 0.3) is 0 Å². The van der Waals surface area contributed by atoms with Crippen LogP contribution in [-0.2, 0) is 16.2 Å². The van der Waals surface area contributed by atoms with Crippen molar-refractivity contribution in [1.82, 2.24) is 5.43 Å². The van der Waals surface area contributed by atoms with Crippen molar-refractivity contribution < 1.29 is 23.5 Å². The lowest BCUT2D eigenvalue weighted by Gasteiger charge is -2.11. The van der Waals surface area contributed by atoms with Gasteiger partial charge in [-0.25, -0.2) is 9.82 Å². The van der Waals surface area contributed by atoms with Crippen molar-refractivity contribution in [2.75, 3.05) is 12.4 Å². The number of benzene rings is 3. The van der Waals surface area contributed by atoms with Crippen molar-refractivity contribution in [2.45, 2.75) is 6.61 Å². The van der Waals surface area contributed by atoms with Gasteiger partial charge in [-0.2, -0.15) is 5.10 Å². The molecule has 3 aromatic carbocycles. The number of carbonyl (C=O) groups excluding carboxylic acids is 2.